The highest BCUT2D eigenvalue weighted by Gasteiger charge is 2.27. The first-order valence-corrected chi connectivity index (χ1v) is 8.09. The van der Waals surface area contributed by atoms with Crippen LogP contribution < -0.4 is 5.56 Å². The molecule has 1 aromatic carbocycles. The van der Waals surface area contributed by atoms with Crippen molar-refractivity contribution in [2.75, 3.05) is 7.11 Å². The van der Waals surface area contributed by atoms with Crippen LogP contribution in [0.25, 0.3) is 0 Å². The van der Waals surface area contributed by atoms with Crippen LogP contribution in [0.1, 0.15) is 29.2 Å². The topological polar surface area (TPSA) is 106 Å². The molecule has 0 saturated carbocycles. The molecule has 0 saturated heterocycles. The Morgan fingerprint density at radius 2 is 1.88 bits per heavy atom. The molecule has 0 radical (unpaired) electrons. The molecule has 0 aliphatic rings. The van der Waals surface area contributed by atoms with Gasteiger partial charge in [0.2, 0.25) is 0 Å². The summed E-state index contributed by atoms with van der Waals surface area (Å²) in [5.74, 6) is -2.89. The van der Waals surface area contributed by atoms with Crippen LogP contribution in [0.5, 0.6) is 5.75 Å². The zero-order valence-corrected chi connectivity index (χ0v) is 15.0. The van der Waals surface area contributed by atoms with E-state index < -0.39 is 30.0 Å². The monoisotopic (exact) mass is 379 g/mol. The Kier molecular flexibility index (Phi) is 6.05. The summed E-state index contributed by atoms with van der Waals surface area (Å²) in [6.45, 7) is 0.967. The van der Waals surface area contributed by atoms with Gasteiger partial charge in [-0.15, -0.1) is 0 Å². The number of carbonyl (C=O) groups excluding carboxylic acids is 1. The number of hydrogen-bond acceptors (Lipinski definition) is 5. The number of aryl methyl sites for hydroxylation is 1. The minimum atomic E-state index is -1.19. The summed E-state index contributed by atoms with van der Waals surface area (Å²) < 4.78 is 5.74. The Morgan fingerprint density at radius 3 is 2.42 bits per heavy atom. The molecule has 0 unspecified atom stereocenters. The molecule has 8 heteroatoms. The number of benzene rings is 1. The van der Waals surface area contributed by atoms with Gasteiger partial charge in [0.25, 0.3) is 5.56 Å². The lowest BCUT2D eigenvalue weighted by Crippen LogP contribution is -2.30. The number of rotatable bonds is 6. The summed E-state index contributed by atoms with van der Waals surface area (Å²) >= 11 is 5.89. The smallest absolute Gasteiger partial charge is 0.323 e. The molecule has 7 nitrogen and oxygen atoms in total. The fourth-order valence-electron chi connectivity index (χ4n) is 2.76. The molecule has 0 amide bonds. The van der Waals surface area contributed by atoms with Crippen molar-refractivity contribution in [3.63, 3.8) is 0 Å². The number of aromatic nitrogens is 1. The predicted molar refractivity (Wildman–Crippen MR) is 94.7 cm³/mol. The third kappa shape index (κ3) is 4.23. The number of halogens is 1. The van der Waals surface area contributed by atoms with Gasteiger partial charge in [-0.25, -0.2) is 0 Å². The standard InChI is InChI=1S/C18H18ClNO6/c1-10-7-14(21)17(18(25)20(10)9-15(22)23)13(8-16(24)26-2)11-3-5-12(19)6-4-11/h3-7,13,21H,8-9H2,1-2H3,(H,22,23)/t13-/m0/s1. The van der Waals surface area contributed by atoms with Crippen molar-refractivity contribution in [1.29, 1.82) is 0 Å². The Morgan fingerprint density at radius 1 is 1.27 bits per heavy atom. The van der Waals surface area contributed by atoms with Crippen LogP contribution in [-0.2, 0) is 20.9 Å². The van der Waals surface area contributed by atoms with Crippen molar-refractivity contribution in [2.24, 2.45) is 0 Å². The third-order valence-corrected chi connectivity index (χ3v) is 4.29. The molecule has 26 heavy (non-hydrogen) atoms. The number of esters is 1. The van der Waals surface area contributed by atoms with E-state index in [1.807, 2.05) is 0 Å². The molecule has 2 rings (SSSR count). The highest BCUT2D eigenvalue weighted by atomic mass is 35.5. The quantitative estimate of drug-likeness (QED) is 0.746. The van der Waals surface area contributed by atoms with Crippen LogP contribution in [0.3, 0.4) is 0 Å². The van der Waals surface area contributed by atoms with Crippen LogP contribution in [0.2, 0.25) is 5.02 Å². The fraction of sp³-hybridized carbons (Fsp3) is 0.278. The van der Waals surface area contributed by atoms with E-state index in [2.05, 4.69) is 0 Å². The van der Waals surface area contributed by atoms with Crippen molar-refractivity contribution in [3.05, 3.63) is 62.5 Å². The van der Waals surface area contributed by atoms with Crippen molar-refractivity contribution < 1.29 is 24.5 Å². The molecule has 1 heterocycles. The number of nitrogens with zero attached hydrogens (tertiary/aromatic N) is 1. The van der Waals surface area contributed by atoms with E-state index in [1.165, 1.54) is 20.1 Å². The SMILES string of the molecule is COC(=O)C[C@@H](c1ccc(Cl)cc1)c1c(O)cc(C)n(CC(=O)O)c1=O. The second kappa shape index (κ2) is 8.05. The molecule has 138 valence electrons. The van der Waals surface area contributed by atoms with Gasteiger partial charge in [0.05, 0.1) is 19.1 Å². The van der Waals surface area contributed by atoms with Crippen LogP contribution in [0, 0.1) is 6.92 Å². The third-order valence-electron chi connectivity index (χ3n) is 4.04. The number of aromatic hydroxyl groups is 1. The first kappa shape index (κ1) is 19.5. The molecule has 2 aromatic rings. The Labute approximate surface area is 154 Å². The lowest BCUT2D eigenvalue weighted by Gasteiger charge is -2.20. The molecular weight excluding hydrogens is 362 g/mol. The predicted octanol–water partition coefficient (Wildman–Crippen LogP) is 2.30. The van der Waals surface area contributed by atoms with E-state index in [0.717, 1.165) is 4.57 Å². The van der Waals surface area contributed by atoms with Crippen LogP contribution in [-0.4, -0.2) is 33.8 Å². The van der Waals surface area contributed by atoms with E-state index in [-0.39, 0.29) is 17.7 Å². The van der Waals surface area contributed by atoms with Crippen molar-refractivity contribution in [1.82, 2.24) is 4.57 Å². The average molecular weight is 380 g/mol. The highest BCUT2D eigenvalue weighted by molar-refractivity contribution is 6.30. The van der Waals surface area contributed by atoms with Gasteiger partial charge in [-0.2, -0.15) is 0 Å². The molecule has 1 aromatic heterocycles. The summed E-state index contributed by atoms with van der Waals surface area (Å²) in [5, 5.41) is 19.9. The summed E-state index contributed by atoms with van der Waals surface area (Å²) in [5.41, 5.74) is 0.128. The Hall–Kier alpha value is -2.80. The van der Waals surface area contributed by atoms with Gasteiger partial charge < -0.3 is 19.5 Å². The molecule has 0 aliphatic carbocycles. The Balaban J connectivity index is 2.67. The number of hydrogen-bond donors (Lipinski definition) is 2. The maximum absolute atomic E-state index is 12.9. The maximum atomic E-state index is 12.9. The molecular formula is C18H18ClNO6. The van der Waals surface area contributed by atoms with Gasteiger partial charge in [0, 0.05) is 16.6 Å². The van der Waals surface area contributed by atoms with Gasteiger partial charge in [0.1, 0.15) is 12.3 Å². The van der Waals surface area contributed by atoms with Crippen LogP contribution >= 0.6 is 11.6 Å². The van der Waals surface area contributed by atoms with Gasteiger partial charge >= 0.3 is 11.9 Å². The lowest BCUT2D eigenvalue weighted by molar-refractivity contribution is -0.141. The minimum absolute atomic E-state index is 0.0652. The molecule has 1 atom stereocenters. The van der Waals surface area contributed by atoms with Crippen molar-refractivity contribution in [2.45, 2.75) is 25.8 Å². The second-order valence-electron chi connectivity index (χ2n) is 5.75. The fourth-order valence-corrected chi connectivity index (χ4v) is 2.89. The molecule has 0 spiro atoms. The van der Waals surface area contributed by atoms with Crippen LogP contribution in [0.4, 0.5) is 0 Å². The normalized spacial score (nSPS) is 11.8. The maximum Gasteiger partial charge on any atom is 0.323 e. The zero-order chi connectivity index (χ0) is 19.4. The average Bonchev–Trinajstić information content (AvgIpc) is 2.58. The number of pyridine rings is 1. The first-order chi connectivity index (χ1) is 12.2. The van der Waals surface area contributed by atoms with Crippen molar-refractivity contribution in [3.8, 4) is 5.75 Å². The van der Waals surface area contributed by atoms with Gasteiger partial charge in [-0.3, -0.25) is 14.4 Å². The largest absolute Gasteiger partial charge is 0.507 e. The van der Waals surface area contributed by atoms with E-state index >= 15 is 0 Å². The summed E-state index contributed by atoms with van der Waals surface area (Å²) in [7, 11) is 1.22. The number of aliphatic carboxylic acids is 1. The molecule has 0 fully saturated rings. The molecule has 2 N–H and O–H groups in total. The van der Waals surface area contributed by atoms with Gasteiger partial charge in [0.15, 0.2) is 0 Å². The number of ether oxygens (including phenoxy) is 1. The van der Waals surface area contributed by atoms with Gasteiger partial charge in [-0.05, 0) is 30.7 Å². The lowest BCUT2D eigenvalue weighted by atomic mass is 9.88. The highest BCUT2D eigenvalue weighted by Crippen LogP contribution is 2.33. The molecule has 0 bridgehead atoms. The number of carboxylic acid groups (broad SMARTS) is 1. The van der Waals surface area contributed by atoms with Gasteiger partial charge in [-0.1, -0.05) is 23.7 Å². The van der Waals surface area contributed by atoms with E-state index in [1.54, 1.807) is 24.3 Å². The first-order valence-electron chi connectivity index (χ1n) is 7.72. The van der Waals surface area contributed by atoms with E-state index in [0.29, 0.717) is 16.3 Å². The number of carboxylic acids is 1. The number of carbonyl (C=O) groups is 2. The molecule has 0 aliphatic heterocycles. The van der Waals surface area contributed by atoms with E-state index in [4.69, 9.17) is 21.4 Å². The summed E-state index contributed by atoms with van der Waals surface area (Å²) in [6, 6.07) is 7.77. The summed E-state index contributed by atoms with van der Waals surface area (Å²) in [6.07, 6.45) is -0.197. The zero-order valence-electron chi connectivity index (χ0n) is 14.2. The van der Waals surface area contributed by atoms with E-state index in [9.17, 15) is 19.5 Å². The Bertz CT molecular complexity index is 888. The van der Waals surface area contributed by atoms with Crippen LogP contribution in [0.15, 0.2) is 35.1 Å². The number of methoxy groups -OCH3 is 1. The minimum Gasteiger partial charge on any atom is -0.507 e. The second-order valence-corrected chi connectivity index (χ2v) is 6.19. The van der Waals surface area contributed by atoms with Crippen molar-refractivity contribution >= 4 is 23.5 Å². The summed E-state index contributed by atoms with van der Waals surface area (Å²) in [4.78, 5) is 35.8.